The Morgan fingerprint density at radius 1 is 0.926 bits per heavy atom. The van der Waals surface area contributed by atoms with Gasteiger partial charge in [0, 0.05) is 32.7 Å². The molecule has 0 saturated carbocycles. The highest BCUT2D eigenvalue weighted by molar-refractivity contribution is 7.89. The van der Waals surface area contributed by atoms with E-state index in [1.54, 1.807) is 4.31 Å². The van der Waals surface area contributed by atoms with Crippen molar-refractivity contribution in [3.05, 3.63) is 59.2 Å². The summed E-state index contributed by atoms with van der Waals surface area (Å²) in [7, 11) is -3.45. The molecule has 0 atom stereocenters. The van der Waals surface area contributed by atoms with Gasteiger partial charge in [-0.1, -0.05) is 35.9 Å². The Labute approximate surface area is 162 Å². The van der Waals surface area contributed by atoms with Crippen LogP contribution >= 0.6 is 0 Å². The van der Waals surface area contributed by atoms with Crippen molar-refractivity contribution in [2.75, 3.05) is 39.3 Å². The predicted molar refractivity (Wildman–Crippen MR) is 108 cm³/mol. The Hall–Kier alpha value is -1.89. The van der Waals surface area contributed by atoms with E-state index < -0.39 is 10.0 Å². The molecule has 0 N–H and O–H groups in total. The maximum absolute atomic E-state index is 13.1. The summed E-state index contributed by atoms with van der Waals surface area (Å²) in [6.45, 7) is 9.63. The largest absolute Gasteiger partial charge is 0.492 e. The van der Waals surface area contributed by atoms with Crippen LogP contribution in [0.25, 0.3) is 0 Å². The van der Waals surface area contributed by atoms with Crippen LogP contribution in [0.1, 0.15) is 16.7 Å². The van der Waals surface area contributed by atoms with Gasteiger partial charge in [0.1, 0.15) is 12.4 Å². The number of hydrogen-bond donors (Lipinski definition) is 0. The minimum Gasteiger partial charge on any atom is -0.492 e. The Kier molecular flexibility index (Phi) is 6.19. The zero-order valence-electron chi connectivity index (χ0n) is 16.3. The van der Waals surface area contributed by atoms with Crippen LogP contribution in [0.5, 0.6) is 5.75 Å². The standard InChI is InChI=1S/C21H28N2O3S/c1-17-15-18(2)21(19(3)16-17)27(24,25)23-11-9-22(10-12-23)13-14-26-20-7-5-4-6-8-20/h4-8,15-16H,9-14H2,1-3H3. The first-order chi connectivity index (χ1) is 12.9. The average Bonchev–Trinajstić information content (AvgIpc) is 2.62. The van der Waals surface area contributed by atoms with Gasteiger partial charge < -0.3 is 4.74 Å². The van der Waals surface area contributed by atoms with E-state index in [1.165, 1.54) is 0 Å². The fraction of sp³-hybridized carbons (Fsp3) is 0.429. The highest BCUT2D eigenvalue weighted by atomic mass is 32.2. The van der Waals surface area contributed by atoms with Gasteiger partial charge in [-0.25, -0.2) is 8.42 Å². The first-order valence-electron chi connectivity index (χ1n) is 9.36. The Morgan fingerprint density at radius 3 is 2.11 bits per heavy atom. The molecule has 1 aliphatic heterocycles. The molecule has 3 rings (SSSR count). The topological polar surface area (TPSA) is 49.9 Å². The zero-order chi connectivity index (χ0) is 19.4. The Morgan fingerprint density at radius 2 is 1.52 bits per heavy atom. The smallest absolute Gasteiger partial charge is 0.243 e. The number of sulfonamides is 1. The molecule has 1 aliphatic rings. The van der Waals surface area contributed by atoms with Crippen LogP contribution in [0.15, 0.2) is 47.4 Å². The highest BCUT2D eigenvalue weighted by Crippen LogP contribution is 2.26. The van der Waals surface area contributed by atoms with Gasteiger partial charge in [-0.05, 0) is 44.0 Å². The Balaban J connectivity index is 1.57. The Bertz CT molecular complexity index is 851. The van der Waals surface area contributed by atoms with Gasteiger partial charge >= 0.3 is 0 Å². The van der Waals surface area contributed by atoms with E-state index in [-0.39, 0.29) is 0 Å². The third-order valence-corrected chi connectivity index (χ3v) is 7.16. The van der Waals surface area contributed by atoms with Crippen molar-refractivity contribution >= 4 is 10.0 Å². The van der Waals surface area contributed by atoms with Gasteiger partial charge in [-0.15, -0.1) is 0 Å². The molecule has 27 heavy (non-hydrogen) atoms. The summed E-state index contributed by atoms with van der Waals surface area (Å²) in [4.78, 5) is 2.72. The van der Waals surface area contributed by atoms with E-state index in [0.29, 0.717) is 24.6 Å². The summed E-state index contributed by atoms with van der Waals surface area (Å²) in [6.07, 6.45) is 0. The molecule has 1 fully saturated rings. The summed E-state index contributed by atoms with van der Waals surface area (Å²) in [5, 5.41) is 0. The van der Waals surface area contributed by atoms with Gasteiger partial charge in [0.2, 0.25) is 10.0 Å². The maximum Gasteiger partial charge on any atom is 0.243 e. The number of aryl methyl sites for hydroxylation is 3. The van der Waals surface area contributed by atoms with Crippen LogP contribution in [0.3, 0.4) is 0 Å². The molecular formula is C21H28N2O3S. The van der Waals surface area contributed by atoms with Crippen LogP contribution in [0, 0.1) is 20.8 Å². The summed E-state index contributed by atoms with van der Waals surface area (Å²) < 4.78 is 33.6. The van der Waals surface area contributed by atoms with Gasteiger partial charge in [0.05, 0.1) is 4.90 Å². The lowest BCUT2D eigenvalue weighted by molar-refractivity contribution is 0.159. The molecule has 0 aliphatic carbocycles. The third-order valence-electron chi connectivity index (χ3n) is 4.95. The molecule has 0 radical (unpaired) electrons. The van der Waals surface area contributed by atoms with E-state index in [4.69, 9.17) is 4.74 Å². The number of benzene rings is 2. The second-order valence-corrected chi connectivity index (χ2v) is 9.01. The first kappa shape index (κ1) is 19.9. The molecule has 0 amide bonds. The van der Waals surface area contributed by atoms with Crippen molar-refractivity contribution in [3.63, 3.8) is 0 Å². The van der Waals surface area contributed by atoms with Gasteiger partial charge in [-0.2, -0.15) is 4.31 Å². The minimum absolute atomic E-state index is 0.467. The normalized spacial score (nSPS) is 16.4. The summed E-state index contributed by atoms with van der Waals surface area (Å²) in [6, 6.07) is 13.6. The second kappa shape index (κ2) is 8.42. The van der Waals surface area contributed by atoms with Crippen LogP contribution < -0.4 is 4.74 Å². The molecule has 1 heterocycles. The fourth-order valence-corrected chi connectivity index (χ4v) is 5.54. The van der Waals surface area contributed by atoms with Crippen molar-refractivity contribution in [2.24, 2.45) is 0 Å². The van der Waals surface area contributed by atoms with Crippen molar-refractivity contribution in [3.8, 4) is 5.75 Å². The van der Waals surface area contributed by atoms with Gasteiger partial charge in [-0.3, -0.25) is 4.90 Å². The van der Waals surface area contributed by atoms with E-state index in [0.717, 1.165) is 42.1 Å². The van der Waals surface area contributed by atoms with Crippen molar-refractivity contribution in [1.29, 1.82) is 0 Å². The van der Waals surface area contributed by atoms with Crippen molar-refractivity contribution in [1.82, 2.24) is 9.21 Å². The number of para-hydroxylation sites is 1. The number of nitrogens with zero attached hydrogens (tertiary/aromatic N) is 2. The van der Waals surface area contributed by atoms with Crippen molar-refractivity contribution in [2.45, 2.75) is 25.7 Å². The second-order valence-electron chi connectivity index (χ2n) is 7.14. The minimum atomic E-state index is -3.45. The van der Waals surface area contributed by atoms with Crippen LogP contribution in [-0.2, 0) is 10.0 Å². The van der Waals surface area contributed by atoms with Crippen LogP contribution in [0.2, 0.25) is 0 Å². The lowest BCUT2D eigenvalue weighted by Crippen LogP contribution is -2.49. The molecule has 146 valence electrons. The molecular weight excluding hydrogens is 360 g/mol. The lowest BCUT2D eigenvalue weighted by Gasteiger charge is -2.34. The van der Waals surface area contributed by atoms with Gasteiger partial charge in [0.25, 0.3) is 0 Å². The monoisotopic (exact) mass is 388 g/mol. The van der Waals surface area contributed by atoms with Gasteiger partial charge in [0.15, 0.2) is 0 Å². The molecule has 0 spiro atoms. The van der Waals surface area contributed by atoms with E-state index in [2.05, 4.69) is 4.90 Å². The first-order valence-corrected chi connectivity index (χ1v) is 10.8. The molecule has 2 aromatic rings. The quantitative estimate of drug-likeness (QED) is 0.763. The van der Waals surface area contributed by atoms with Crippen LogP contribution in [0.4, 0.5) is 0 Å². The number of rotatable bonds is 6. The summed E-state index contributed by atoms with van der Waals surface area (Å²) in [5.41, 5.74) is 2.74. The number of ether oxygens (including phenoxy) is 1. The molecule has 0 aromatic heterocycles. The molecule has 0 bridgehead atoms. The highest BCUT2D eigenvalue weighted by Gasteiger charge is 2.30. The number of piperazine rings is 1. The molecule has 6 heteroatoms. The average molecular weight is 389 g/mol. The van der Waals surface area contributed by atoms with Crippen molar-refractivity contribution < 1.29 is 13.2 Å². The fourth-order valence-electron chi connectivity index (χ4n) is 3.71. The molecule has 2 aromatic carbocycles. The molecule has 0 unspecified atom stereocenters. The SMILES string of the molecule is Cc1cc(C)c(S(=O)(=O)N2CCN(CCOc3ccccc3)CC2)c(C)c1. The molecule has 5 nitrogen and oxygen atoms in total. The zero-order valence-corrected chi connectivity index (χ0v) is 17.1. The van der Waals surface area contributed by atoms with Crippen LogP contribution in [-0.4, -0.2) is 57.0 Å². The van der Waals surface area contributed by atoms with E-state index in [1.807, 2.05) is 63.2 Å². The number of hydrogen-bond acceptors (Lipinski definition) is 4. The summed E-state index contributed by atoms with van der Waals surface area (Å²) in [5.74, 6) is 0.865. The van der Waals surface area contributed by atoms with E-state index in [9.17, 15) is 8.42 Å². The van der Waals surface area contributed by atoms with E-state index >= 15 is 0 Å². The third kappa shape index (κ3) is 4.69. The lowest BCUT2D eigenvalue weighted by atomic mass is 10.1. The summed E-state index contributed by atoms with van der Waals surface area (Å²) >= 11 is 0. The maximum atomic E-state index is 13.1. The molecule has 1 saturated heterocycles. The predicted octanol–water partition coefficient (Wildman–Crippen LogP) is 3.00.